The minimum Gasteiger partial charge on any atom is -0.436 e. The van der Waals surface area contributed by atoms with E-state index in [0.29, 0.717) is 35.4 Å². The van der Waals surface area contributed by atoms with Crippen molar-refractivity contribution in [2.24, 2.45) is 0 Å². The third-order valence-electron chi connectivity index (χ3n) is 4.44. The maximum absolute atomic E-state index is 14.0. The molecule has 0 aliphatic carbocycles. The first kappa shape index (κ1) is 18.6. The molecule has 6 heteroatoms. The number of carbonyl (C=O) groups is 1. The van der Waals surface area contributed by atoms with Crippen LogP contribution in [-0.2, 0) is 6.42 Å². The second-order valence-corrected chi connectivity index (χ2v) is 6.38. The van der Waals surface area contributed by atoms with Gasteiger partial charge in [-0.2, -0.15) is 0 Å². The fraction of sp³-hybridized carbons (Fsp3) is 0.0870. The van der Waals surface area contributed by atoms with E-state index in [2.05, 4.69) is 15.3 Å². The maximum Gasteiger partial charge on any atom is 0.252 e. The SMILES string of the molecule is O=C(NCCc1ccccn1)c1ccccc1-c1ncc(-c2ccccc2F)o1. The first-order valence-corrected chi connectivity index (χ1v) is 9.20. The van der Waals surface area contributed by atoms with Crippen LogP contribution in [0.15, 0.2) is 83.5 Å². The summed E-state index contributed by atoms with van der Waals surface area (Å²) in [5, 5.41) is 2.90. The van der Waals surface area contributed by atoms with Crippen LogP contribution in [0.2, 0.25) is 0 Å². The molecule has 0 aliphatic rings. The van der Waals surface area contributed by atoms with Crippen LogP contribution in [0.5, 0.6) is 0 Å². The van der Waals surface area contributed by atoms with E-state index in [9.17, 15) is 9.18 Å². The van der Waals surface area contributed by atoms with Crippen molar-refractivity contribution in [3.05, 3.63) is 96.2 Å². The molecule has 5 nitrogen and oxygen atoms in total. The summed E-state index contributed by atoms with van der Waals surface area (Å²) in [4.78, 5) is 21.2. The van der Waals surface area contributed by atoms with E-state index in [-0.39, 0.29) is 11.8 Å². The molecular weight excluding hydrogens is 369 g/mol. The van der Waals surface area contributed by atoms with E-state index >= 15 is 0 Å². The summed E-state index contributed by atoms with van der Waals surface area (Å²) in [5.74, 6) is -0.0554. The third kappa shape index (κ3) is 4.21. The zero-order chi connectivity index (χ0) is 20.1. The average molecular weight is 387 g/mol. The second-order valence-electron chi connectivity index (χ2n) is 6.38. The van der Waals surface area contributed by atoms with Crippen LogP contribution in [-0.4, -0.2) is 22.4 Å². The Balaban J connectivity index is 1.53. The van der Waals surface area contributed by atoms with Gasteiger partial charge in [0, 0.05) is 30.4 Å². The molecular formula is C23H18FN3O2. The Bertz CT molecular complexity index is 1130. The van der Waals surface area contributed by atoms with Crippen LogP contribution in [0, 0.1) is 5.82 Å². The van der Waals surface area contributed by atoms with Crippen LogP contribution in [0.25, 0.3) is 22.8 Å². The van der Waals surface area contributed by atoms with Crippen molar-refractivity contribution in [1.29, 1.82) is 0 Å². The molecule has 0 saturated carbocycles. The lowest BCUT2D eigenvalue weighted by Crippen LogP contribution is -2.26. The Morgan fingerprint density at radius 2 is 1.69 bits per heavy atom. The third-order valence-corrected chi connectivity index (χ3v) is 4.44. The lowest BCUT2D eigenvalue weighted by atomic mass is 10.1. The topological polar surface area (TPSA) is 68.0 Å². The summed E-state index contributed by atoms with van der Waals surface area (Å²) in [6.45, 7) is 0.455. The highest BCUT2D eigenvalue weighted by Gasteiger charge is 2.17. The number of pyridine rings is 1. The van der Waals surface area contributed by atoms with Gasteiger partial charge < -0.3 is 9.73 Å². The monoisotopic (exact) mass is 387 g/mol. The number of aromatic nitrogens is 2. The van der Waals surface area contributed by atoms with Crippen LogP contribution in [0.3, 0.4) is 0 Å². The smallest absolute Gasteiger partial charge is 0.252 e. The summed E-state index contributed by atoms with van der Waals surface area (Å²) in [7, 11) is 0. The molecule has 0 spiro atoms. The van der Waals surface area contributed by atoms with Crippen LogP contribution in [0.4, 0.5) is 4.39 Å². The molecule has 0 atom stereocenters. The van der Waals surface area contributed by atoms with E-state index in [1.54, 1.807) is 48.7 Å². The number of hydrogen-bond donors (Lipinski definition) is 1. The van der Waals surface area contributed by atoms with Crippen molar-refractivity contribution in [2.45, 2.75) is 6.42 Å². The first-order chi connectivity index (χ1) is 14.2. The molecule has 1 amide bonds. The van der Waals surface area contributed by atoms with Crippen molar-refractivity contribution in [3.8, 4) is 22.8 Å². The van der Waals surface area contributed by atoms with Crippen LogP contribution < -0.4 is 5.32 Å². The largest absolute Gasteiger partial charge is 0.436 e. The van der Waals surface area contributed by atoms with E-state index in [1.807, 2.05) is 18.2 Å². The number of nitrogens with one attached hydrogen (secondary N) is 1. The summed E-state index contributed by atoms with van der Waals surface area (Å²) in [6, 6.07) is 19.0. The highest BCUT2D eigenvalue weighted by atomic mass is 19.1. The standard InChI is InChI=1S/C23H18FN3O2/c24-20-11-4-3-10-19(20)21-15-27-23(29-21)18-9-2-1-8-17(18)22(28)26-14-12-16-7-5-6-13-25-16/h1-11,13,15H,12,14H2,(H,26,28). The van der Waals surface area contributed by atoms with Gasteiger partial charge in [-0.1, -0.05) is 30.3 Å². The Kier molecular flexibility index (Phi) is 5.42. The van der Waals surface area contributed by atoms with Crippen LogP contribution in [0.1, 0.15) is 16.1 Å². The predicted octanol–water partition coefficient (Wildman–Crippen LogP) is 4.52. The van der Waals surface area contributed by atoms with E-state index in [1.165, 1.54) is 12.3 Å². The van der Waals surface area contributed by atoms with Gasteiger partial charge in [-0.3, -0.25) is 9.78 Å². The zero-order valence-electron chi connectivity index (χ0n) is 15.5. The fourth-order valence-electron chi connectivity index (χ4n) is 3.00. The molecule has 1 N–H and O–H groups in total. The van der Waals surface area contributed by atoms with Crippen molar-refractivity contribution < 1.29 is 13.6 Å². The number of oxazole rings is 1. The Hall–Kier alpha value is -3.80. The Morgan fingerprint density at radius 1 is 0.931 bits per heavy atom. The number of benzene rings is 2. The summed E-state index contributed by atoms with van der Waals surface area (Å²) in [5.41, 5.74) is 2.22. The van der Waals surface area contributed by atoms with Crippen molar-refractivity contribution in [1.82, 2.24) is 15.3 Å². The van der Waals surface area contributed by atoms with Gasteiger partial charge in [0.1, 0.15) is 5.82 Å². The van der Waals surface area contributed by atoms with Gasteiger partial charge in [0.2, 0.25) is 5.89 Å². The molecule has 4 rings (SSSR count). The molecule has 0 unspecified atom stereocenters. The zero-order valence-corrected chi connectivity index (χ0v) is 15.5. The fourth-order valence-corrected chi connectivity index (χ4v) is 3.00. The van der Waals surface area contributed by atoms with Gasteiger partial charge in [-0.15, -0.1) is 0 Å². The predicted molar refractivity (Wildman–Crippen MR) is 108 cm³/mol. The quantitative estimate of drug-likeness (QED) is 0.528. The van der Waals surface area contributed by atoms with Gasteiger partial charge in [0.15, 0.2) is 5.76 Å². The average Bonchev–Trinajstić information content (AvgIpc) is 3.24. The molecule has 2 heterocycles. The Labute approximate surface area is 167 Å². The summed E-state index contributed by atoms with van der Waals surface area (Å²) in [6.07, 6.45) is 3.82. The molecule has 0 aliphatic heterocycles. The van der Waals surface area contributed by atoms with Gasteiger partial charge in [-0.25, -0.2) is 9.37 Å². The Morgan fingerprint density at radius 3 is 2.48 bits per heavy atom. The summed E-state index contributed by atoms with van der Waals surface area (Å²) < 4.78 is 19.8. The lowest BCUT2D eigenvalue weighted by Gasteiger charge is -2.08. The number of carbonyl (C=O) groups excluding carboxylic acids is 1. The first-order valence-electron chi connectivity index (χ1n) is 9.20. The number of nitrogens with zero attached hydrogens (tertiary/aromatic N) is 2. The highest BCUT2D eigenvalue weighted by Crippen LogP contribution is 2.29. The van der Waals surface area contributed by atoms with E-state index in [0.717, 1.165) is 5.69 Å². The van der Waals surface area contributed by atoms with Crippen molar-refractivity contribution >= 4 is 5.91 Å². The molecule has 0 fully saturated rings. The highest BCUT2D eigenvalue weighted by molar-refractivity contribution is 6.00. The molecule has 29 heavy (non-hydrogen) atoms. The molecule has 0 saturated heterocycles. The number of rotatable bonds is 6. The van der Waals surface area contributed by atoms with Crippen molar-refractivity contribution in [2.75, 3.05) is 6.54 Å². The number of hydrogen-bond acceptors (Lipinski definition) is 4. The molecule has 4 aromatic rings. The molecule has 0 radical (unpaired) electrons. The van der Waals surface area contributed by atoms with Gasteiger partial charge in [-0.05, 0) is 36.4 Å². The number of halogens is 1. The molecule has 2 aromatic heterocycles. The van der Waals surface area contributed by atoms with Crippen LogP contribution >= 0.6 is 0 Å². The second kappa shape index (κ2) is 8.48. The molecule has 144 valence electrons. The van der Waals surface area contributed by atoms with Crippen molar-refractivity contribution in [3.63, 3.8) is 0 Å². The lowest BCUT2D eigenvalue weighted by molar-refractivity contribution is 0.0954. The van der Waals surface area contributed by atoms with E-state index in [4.69, 9.17) is 4.42 Å². The van der Waals surface area contributed by atoms with E-state index < -0.39 is 5.82 Å². The minimum atomic E-state index is -0.393. The normalized spacial score (nSPS) is 10.7. The molecule has 0 bridgehead atoms. The van der Waals surface area contributed by atoms with Gasteiger partial charge in [0.25, 0.3) is 5.91 Å². The van der Waals surface area contributed by atoms with Gasteiger partial charge >= 0.3 is 0 Å². The summed E-state index contributed by atoms with van der Waals surface area (Å²) >= 11 is 0. The number of amides is 1. The van der Waals surface area contributed by atoms with Gasteiger partial charge in [0.05, 0.1) is 17.3 Å². The molecule has 2 aromatic carbocycles. The minimum absolute atomic E-state index is 0.234. The maximum atomic E-state index is 14.0.